The van der Waals surface area contributed by atoms with E-state index in [2.05, 4.69) is 6.58 Å². The number of aliphatic hydroxyl groups excluding tert-OH is 4. The molecular weight excluding hydrogens is 284 g/mol. The molecule has 0 saturated carbocycles. The van der Waals surface area contributed by atoms with Gasteiger partial charge in [-0.2, -0.15) is 8.42 Å². The van der Waals surface area contributed by atoms with Crippen molar-refractivity contribution in [3.8, 4) is 0 Å². The van der Waals surface area contributed by atoms with E-state index < -0.39 is 22.6 Å². The van der Waals surface area contributed by atoms with Crippen molar-refractivity contribution in [2.24, 2.45) is 0 Å². The van der Waals surface area contributed by atoms with E-state index in [1.807, 2.05) is 6.92 Å². The summed E-state index contributed by atoms with van der Waals surface area (Å²) in [5.74, 6) is 0. The van der Waals surface area contributed by atoms with Gasteiger partial charge in [-0.25, -0.2) is 0 Å². The zero-order valence-corrected chi connectivity index (χ0v) is 11.4. The fourth-order valence-corrected chi connectivity index (χ4v) is 0.446. The third kappa shape index (κ3) is 46.7. The molecule has 2 unspecified atom stereocenters. The van der Waals surface area contributed by atoms with Gasteiger partial charge in [0.1, 0.15) is 12.2 Å². The molecule has 0 fully saturated rings. The monoisotopic (exact) mass is 306 g/mol. The highest BCUT2D eigenvalue weighted by atomic mass is 32.3. The molecule has 10 heteroatoms. The van der Waals surface area contributed by atoms with Crippen LogP contribution in [-0.2, 0) is 15.1 Å². The van der Waals surface area contributed by atoms with Gasteiger partial charge in [0, 0.05) is 0 Å². The van der Waals surface area contributed by atoms with Crippen LogP contribution >= 0.6 is 0 Å². The Labute approximate surface area is 112 Å². The van der Waals surface area contributed by atoms with Crippen molar-refractivity contribution in [1.82, 2.24) is 0 Å². The molecule has 0 saturated heterocycles. The quantitative estimate of drug-likeness (QED) is 0.246. The SMILES string of the molecule is C=CC.O=S(=O)(O)O.OCC(O)COCC(O)CO. The molecule has 0 aliphatic rings. The molecule has 0 aliphatic heterocycles. The van der Waals surface area contributed by atoms with Gasteiger partial charge >= 0.3 is 10.4 Å². The molecule has 0 heterocycles. The van der Waals surface area contributed by atoms with Crippen molar-refractivity contribution < 1.29 is 42.7 Å². The fraction of sp³-hybridized carbons (Fsp3) is 0.778. The summed E-state index contributed by atoms with van der Waals surface area (Å²) in [7, 11) is -4.67. The molecule has 0 amide bonds. The Morgan fingerprint density at radius 2 is 1.32 bits per heavy atom. The molecule has 0 spiro atoms. The van der Waals surface area contributed by atoms with Gasteiger partial charge in [0.05, 0.1) is 26.4 Å². The Kier molecular flexibility index (Phi) is 19.1. The van der Waals surface area contributed by atoms with Gasteiger partial charge in [0.15, 0.2) is 0 Å². The standard InChI is InChI=1S/C6H14O5.C3H6.H2O4S/c7-1-5(9)3-11-4-6(10)2-8;1-3-2;1-5(2,3)4/h5-10H,1-4H2;3H,1H2,2H3;(H2,1,2,3,4). The predicted octanol–water partition coefficient (Wildman–Crippen LogP) is -1.75. The summed E-state index contributed by atoms with van der Waals surface area (Å²) in [5.41, 5.74) is 0. The number of aliphatic hydroxyl groups is 4. The molecule has 0 bridgehead atoms. The summed E-state index contributed by atoms with van der Waals surface area (Å²) in [4.78, 5) is 0. The minimum atomic E-state index is -4.67. The van der Waals surface area contributed by atoms with E-state index in [-0.39, 0.29) is 26.4 Å². The van der Waals surface area contributed by atoms with Gasteiger partial charge in [-0.15, -0.1) is 6.58 Å². The molecule has 2 atom stereocenters. The second-order valence-electron chi connectivity index (χ2n) is 3.07. The van der Waals surface area contributed by atoms with Crippen molar-refractivity contribution in [2.45, 2.75) is 19.1 Å². The van der Waals surface area contributed by atoms with Crippen molar-refractivity contribution in [3.05, 3.63) is 12.7 Å². The molecule has 0 aromatic heterocycles. The van der Waals surface area contributed by atoms with E-state index in [1.165, 1.54) is 0 Å². The van der Waals surface area contributed by atoms with Crippen LogP contribution in [0.3, 0.4) is 0 Å². The highest BCUT2D eigenvalue weighted by Gasteiger charge is 2.04. The highest BCUT2D eigenvalue weighted by molar-refractivity contribution is 7.79. The lowest BCUT2D eigenvalue weighted by atomic mass is 10.4. The van der Waals surface area contributed by atoms with Crippen LogP contribution in [0.1, 0.15) is 6.92 Å². The number of allylic oxidation sites excluding steroid dienone is 1. The van der Waals surface area contributed by atoms with Gasteiger partial charge in [0.2, 0.25) is 0 Å². The van der Waals surface area contributed by atoms with Gasteiger partial charge in [-0.1, -0.05) is 6.08 Å². The normalized spacial score (nSPS) is 13.2. The summed E-state index contributed by atoms with van der Waals surface area (Å²) >= 11 is 0. The average molecular weight is 306 g/mol. The third-order valence-corrected chi connectivity index (χ3v) is 1.04. The summed E-state index contributed by atoms with van der Waals surface area (Å²) in [6.07, 6.45) is -0.0817. The largest absolute Gasteiger partial charge is 0.394 e. The van der Waals surface area contributed by atoms with Gasteiger partial charge < -0.3 is 25.2 Å². The topological polar surface area (TPSA) is 165 Å². The van der Waals surface area contributed by atoms with Crippen LogP contribution in [0.4, 0.5) is 0 Å². The predicted molar refractivity (Wildman–Crippen MR) is 67.1 cm³/mol. The van der Waals surface area contributed by atoms with E-state index in [9.17, 15) is 0 Å². The lowest BCUT2D eigenvalue weighted by Gasteiger charge is -2.10. The van der Waals surface area contributed by atoms with Crippen molar-refractivity contribution >= 4 is 10.4 Å². The van der Waals surface area contributed by atoms with Gasteiger partial charge in [-0.3, -0.25) is 9.11 Å². The lowest BCUT2D eigenvalue weighted by Crippen LogP contribution is -2.25. The molecule has 6 N–H and O–H groups in total. The van der Waals surface area contributed by atoms with Crippen LogP contribution in [0.25, 0.3) is 0 Å². The zero-order valence-electron chi connectivity index (χ0n) is 10.6. The van der Waals surface area contributed by atoms with Crippen LogP contribution in [-0.4, -0.2) is 76.6 Å². The molecule has 0 rings (SSSR count). The summed E-state index contributed by atoms with van der Waals surface area (Å²) in [6, 6.07) is 0. The maximum absolute atomic E-state index is 8.74. The zero-order chi connectivity index (χ0) is 15.9. The number of rotatable bonds is 6. The van der Waals surface area contributed by atoms with E-state index in [0.717, 1.165) is 0 Å². The fourth-order valence-electron chi connectivity index (χ4n) is 0.446. The van der Waals surface area contributed by atoms with Crippen molar-refractivity contribution in [2.75, 3.05) is 26.4 Å². The summed E-state index contributed by atoms with van der Waals surface area (Å²) < 4.78 is 36.3. The number of hydrogen-bond donors (Lipinski definition) is 6. The van der Waals surface area contributed by atoms with Crippen LogP contribution in [0.2, 0.25) is 0 Å². The Balaban J connectivity index is -0.000000266. The Bertz CT molecular complexity index is 259. The smallest absolute Gasteiger partial charge is 0.394 e. The van der Waals surface area contributed by atoms with Crippen molar-refractivity contribution in [3.63, 3.8) is 0 Å². The third-order valence-electron chi connectivity index (χ3n) is 1.04. The molecule has 0 aromatic rings. The molecule has 9 nitrogen and oxygen atoms in total. The van der Waals surface area contributed by atoms with Crippen LogP contribution in [0, 0.1) is 0 Å². The minimum Gasteiger partial charge on any atom is -0.394 e. The Hall–Kier alpha value is -0.590. The van der Waals surface area contributed by atoms with E-state index in [1.54, 1.807) is 6.08 Å². The second-order valence-corrected chi connectivity index (χ2v) is 3.96. The molecule has 0 aliphatic carbocycles. The molecule has 19 heavy (non-hydrogen) atoms. The van der Waals surface area contributed by atoms with Crippen molar-refractivity contribution in [1.29, 1.82) is 0 Å². The van der Waals surface area contributed by atoms with Crippen LogP contribution in [0.5, 0.6) is 0 Å². The molecule has 0 radical (unpaired) electrons. The highest BCUT2D eigenvalue weighted by Crippen LogP contribution is 1.87. The Morgan fingerprint density at radius 1 is 1.11 bits per heavy atom. The summed E-state index contributed by atoms with van der Waals surface area (Å²) in [5, 5.41) is 34.1. The summed E-state index contributed by atoms with van der Waals surface area (Å²) in [6.45, 7) is 4.45. The number of hydrogen-bond acceptors (Lipinski definition) is 7. The molecular formula is C9H22O9S. The molecule has 0 aromatic carbocycles. The first-order valence-corrected chi connectivity index (χ1v) is 6.44. The van der Waals surface area contributed by atoms with Gasteiger partial charge in [-0.05, 0) is 6.92 Å². The maximum Gasteiger partial charge on any atom is 0.394 e. The maximum atomic E-state index is 8.74. The molecule has 118 valence electrons. The lowest BCUT2D eigenvalue weighted by molar-refractivity contribution is -0.0364. The van der Waals surface area contributed by atoms with E-state index in [0.29, 0.717) is 0 Å². The van der Waals surface area contributed by atoms with Crippen LogP contribution in [0.15, 0.2) is 12.7 Å². The first kappa shape index (κ1) is 23.5. The second kappa shape index (κ2) is 15.5. The first-order chi connectivity index (χ1) is 8.62. The minimum absolute atomic E-state index is 0.0342. The average Bonchev–Trinajstić information content (AvgIpc) is 2.27. The first-order valence-electron chi connectivity index (χ1n) is 5.04. The van der Waals surface area contributed by atoms with Crippen LogP contribution < -0.4 is 0 Å². The van der Waals surface area contributed by atoms with E-state index in [4.69, 9.17) is 42.7 Å². The van der Waals surface area contributed by atoms with E-state index >= 15 is 0 Å². The van der Waals surface area contributed by atoms with Gasteiger partial charge in [0.25, 0.3) is 0 Å². The number of ether oxygens (including phenoxy) is 1. The Morgan fingerprint density at radius 3 is 1.47 bits per heavy atom.